The summed E-state index contributed by atoms with van der Waals surface area (Å²) in [4.78, 5) is 28.4. The number of hydrogen-bond donors (Lipinski definition) is 1. The first-order valence-electron chi connectivity index (χ1n) is 12.9. The molecule has 0 saturated heterocycles. The molecular weight excluding hydrogens is 569 g/mol. The Kier molecular flexibility index (Phi) is 11.0. The second kappa shape index (κ2) is 14.0. The first-order valence-corrected chi connectivity index (χ1v) is 15.6. The number of sulfonamides is 1. The average Bonchev–Trinajstić information content (AvgIpc) is 2.92. The van der Waals surface area contributed by atoms with Crippen LogP contribution in [0.15, 0.2) is 66.7 Å². The Labute approximate surface area is 247 Å². The fourth-order valence-electron chi connectivity index (χ4n) is 4.54. The minimum Gasteiger partial charge on any atom is -0.357 e. The van der Waals surface area contributed by atoms with Gasteiger partial charge < -0.3 is 10.2 Å². The van der Waals surface area contributed by atoms with Crippen LogP contribution in [-0.2, 0) is 32.6 Å². The molecule has 214 valence electrons. The summed E-state index contributed by atoms with van der Waals surface area (Å²) < 4.78 is 26.7. The van der Waals surface area contributed by atoms with E-state index in [4.69, 9.17) is 23.2 Å². The third-order valence-corrected chi connectivity index (χ3v) is 8.77. The van der Waals surface area contributed by atoms with Crippen LogP contribution in [0.2, 0.25) is 10.0 Å². The number of likely N-dealkylation sites (N-methyl/N-ethyl adjacent to an activating group) is 1. The molecule has 0 spiro atoms. The molecule has 0 saturated carbocycles. The first kappa shape index (κ1) is 31.5. The molecule has 0 bridgehead atoms. The molecule has 1 N–H and O–H groups in total. The standard InChI is InChI=1S/C30H35Cl2N3O4S/c1-21-10-8-13-27(22(21)2)35(40(4,38)39)17-9-14-29(36)34(20-24-15-16-25(31)26(32)18-24)28(30(37)33-3)19-23-11-6-5-7-12-23/h5-8,10-13,15-16,18,28H,9,14,17,19-20H2,1-4H3,(H,33,37)/t28-/m1/s1. The van der Waals surface area contributed by atoms with Crippen molar-refractivity contribution < 1.29 is 18.0 Å². The summed E-state index contributed by atoms with van der Waals surface area (Å²) >= 11 is 12.3. The van der Waals surface area contributed by atoms with Crippen molar-refractivity contribution in [2.75, 3.05) is 24.2 Å². The molecule has 3 aromatic carbocycles. The van der Waals surface area contributed by atoms with E-state index in [1.165, 1.54) is 16.3 Å². The average molecular weight is 605 g/mol. The minimum atomic E-state index is -3.59. The molecule has 0 aromatic heterocycles. The van der Waals surface area contributed by atoms with E-state index in [0.29, 0.717) is 22.2 Å². The molecule has 7 nitrogen and oxygen atoms in total. The van der Waals surface area contributed by atoms with Crippen LogP contribution in [-0.4, -0.2) is 51.0 Å². The Morgan fingerprint density at radius 2 is 1.62 bits per heavy atom. The van der Waals surface area contributed by atoms with Crippen molar-refractivity contribution >= 4 is 50.7 Å². The van der Waals surface area contributed by atoms with Gasteiger partial charge in [-0.2, -0.15) is 0 Å². The van der Waals surface area contributed by atoms with Crippen LogP contribution in [0.25, 0.3) is 0 Å². The molecule has 10 heteroatoms. The highest BCUT2D eigenvalue weighted by molar-refractivity contribution is 7.92. The molecular formula is C30H35Cl2N3O4S. The van der Waals surface area contributed by atoms with Gasteiger partial charge in [0.25, 0.3) is 0 Å². The maximum atomic E-state index is 13.8. The van der Waals surface area contributed by atoms with Gasteiger partial charge in [-0.05, 0) is 60.7 Å². The number of nitrogens with one attached hydrogen (secondary N) is 1. The smallest absolute Gasteiger partial charge is 0.242 e. The van der Waals surface area contributed by atoms with Gasteiger partial charge in [-0.25, -0.2) is 8.42 Å². The predicted octanol–water partition coefficient (Wildman–Crippen LogP) is 5.54. The van der Waals surface area contributed by atoms with Crippen LogP contribution >= 0.6 is 23.2 Å². The SMILES string of the molecule is CNC(=O)[C@@H](Cc1ccccc1)N(Cc1ccc(Cl)c(Cl)c1)C(=O)CCCN(c1cccc(C)c1C)S(C)(=O)=O. The number of nitrogens with zero attached hydrogens (tertiary/aromatic N) is 2. The van der Waals surface area contributed by atoms with Crippen LogP contribution in [0.4, 0.5) is 5.69 Å². The summed E-state index contributed by atoms with van der Waals surface area (Å²) in [5, 5.41) is 3.43. The highest BCUT2D eigenvalue weighted by Gasteiger charge is 2.30. The summed E-state index contributed by atoms with van der Waals surface area (Å²) in [6.45, 7) is 4.06. The summed E-state index contributed by atoms with van der Waals surface area (Å²) in [5.74, 6) is -0.574. The number of amides is 2. The second-order valence-electron chi connectivity index (χ2n) is 9.75. The van der Waals surface area contributed by atoms with Crippen molar-refractivity contribution in [2.45, 2.75) is 45.7 Å². The van der Waals surface area contributed by atoms with Crippen LogP contribution in [0.1, 0.15) is 35.1 Å². The van der Waals surface area contributed by atoms with Crippen molar-refractivity contribution in [1.29, 1.82) is 0 Å². The molecule has 0 aliphatic heterocycles. The van der Waals surface area contributed by atoms with E-state index < -0.39 is 16.1 Å². The van der Waals surface area contributed by atoms with Crippen LogP contribution in [0, 0.1) is 13.8 Å². The quantitative estimate of drug-likeness (QED) is 0.294. The summed E-state index contributed by atoms with van der Waals surface area (Å²) in [7, 11) is -2.05. The van der Waals surface area contributed by atoms with Crippen molar-refractivity contribution in [1.82, 2.24) is 10.2 Å². The lowest BCUT2D eigenvalue weighted by Crippen LogP contribution is -2.49. The Hall–Kier alpha value is -3.07. The Morgan fingerprint density at radius 3 is 2.25 bits per heavy atom. The van der Waals surface area contributed by atoms with Crippen LogP contribution in [0.5, 0.6) is 0 Å². The van der Waals surface area contributed by atoms with Crippen LogP contribution < -0.4 is 9.62 Å². The molecule has 0 fully saturated rings. The Morgan fingerprint density at radius 1 is 0.925 bits per heavy atom. The topological polar surface area (TPSA) is 86.8 Å². The zero-order chi connectivity index (χ0) is 29.4. The van der Waals surface area contributed by atoms with Gasteiger partial charge in [0.15, 0.2) is 0 Å². The lowest BCUT2D eigenvalue weighted by molar-refractivity contribution is -0.141. The number of rotatable bonds is 12. The van der Waals surface area contributed by atoms with E-state index in [0.717, 1.165) is 28.5 Å². The van der Waals surface area contributed by atoms with E-state index in [-0.39, 0.29) is 37.7 Å². The lowest BCUT2D eigenvalue weighted by atomic mass is 10.0. The molecule has 40 heavy (non-hydrogen) atoms. The van der Waals surface area contributed by atoms with Crippen molar-refractivity contribution in [3.8, 4) is 0 Å². The van der Waals surface area contributed by atoms with Crippen LogP contribution in [0.3, 0.4) is 0 Å². The van der Waals surface area contributed by atoms with E-state index in [9.17, 15) is 18.0 Å². The zero-order valence-corrected chi connectivity index (χ0v) is 25.5. The van der Waals surface area contributed by atoms with E-state index in [1.807, 2.05) is 56.3 Å². The van der Waals surface area contributed by atoms with Gasteiger partial charge in [0.05, 0.1) is 22.0 Å². The molecule has 2 amide bonds. The van der Waals surface area contributed by atoms with Crippen molar-refractivity contribution in [3.63, 3.8) is 0 Å². The number of halogens is 2. The van der Waals surface area contributed by atoms with Crippen molar-refractivity contribution in [2.24, 2.45) is 0 Å². The number of hydrogen-bond acceptors (Lipinski definition) is 4. The third-order valence-electron chi connectivity index (χ3n) is 6.85. The van der Waals surface area contributed by atoms with E-state index in [2.05, 4.69) is 5.32 Å². The zero-order valence-electron chi connectivity index (χ0n) is 23.2. The fraction of sp³-hybridized carbons (Fsp3) is 0.333. The maximum absolute atomic E-state index is 13.8. The monoisotopic (exact) mass is 603 g/mol. The van der Waals surface area contributed by atoms with E-state index in [1.54, 1.807) is 24.3 Å². The Balaban J connectivity index is 1.88. The van der Waals surface area contributed by atoms with Gasteiger partial charge in [-0.1, -0.05) is 71.7 Å². The van der Waals surface area contributed by atoms with Gasteiger partial charge in [-0.3, -0.25) is 13.9 Å². The molecule has 0 aliphatic rings. The molecule has 0 unspecified atom stereocenters. The van der Waals surface area contributed by atoms with Gasteiger partial charge in [0.1, 0.15) is 6.04 Å². The molecule has 3 aromatic rings. The van der Waals surface area contributed by atoms with E-state index >= 15 is 0 Å². The van der Waals surface area contributed by atoms with Gasteiger partial charge in [0, 0.05) is 33.0 Å². The number of benzene rings is 3. The summed E-state index contributed by atoms with van der Waals surface area (Å²) in [6, 6.07) is 19.3. The second-order valence-corrected chi connectivity index (χ2v) is 12.5. The number of anilines is 1. The number of carbonyl (C=O) groups excluding carboxylic acids is 2. The fourth-order valence-corrected chi connectivity index (χ4v) is 5.88. The molecule has 1 atom stereocenters. The number of carbonyl (C=O) groups is 2. The molecule has 0 aliphatic carbocycles. The third kappa shape index (κ3) is 8.22. The first-order chi connectivity index (χ1) is 18.9. The molecule has 0 heterocycles. The molecule has 3 rings (SSSR count). The highest BCUT2D eigenvalue weighted by atomic mass is 35.5. The summed E-state index contributed by atoms with van der Waals surface area (Å²) in [5.41, 5.74) is 4.06. The Bertz CT molecular complexity index is 1450. The van der Waals surface area contributed by atoms with Gasteiger partial charge >= 0.3 is 0 Å². The summed E-state index contributed by atoms with van der Waals surface area (Å²) in [6.07, 6.45) is 1.78. The molecule has 0 radical (unpaired) electrons. The van der Waals surface area contributed by atoms with Gasteiger partial charge in [0.2, 0.25) is 21.8 Å². The highest BCUT2D eigenvalue weighted by Crippen LogP contribution is 2.27. The van der Waals surface area contributed by atoms with Gasteiger partial charge in [-0.15, -0.1) is 0 Å². The normalized spacial score (nSPS) is 12.1. The lowest BCUT2D eigenvalue weighted by Gasteiger charge is -2.32. The number of aryl methyl sites for hydroxylation is 1. The minimum absolute atomic E-state index is 0.0422. The predicted molar refractivity (Wildman–Crippen MR) is 162 cm³/mol. The maximum Gasteiger partial charge on any atom is 0.242 e. The largest absolute Gasteiger partial charge is 0.357 e. The van der Waals surface area contributed by atoms with Crippen molar-refractivity contribution in [3.05, 3.63) is 99.0 Å².